The van der Waals surface area contributed by atoms with E-state index in [0.29, 0.717) is 23.2 Å². The first-order valence-corrected chi connectivity index (χ1v) is 7.70. The monoisotopic (exact) mass is 268 g/mol. The summed E-state index contributed by atoms with van der Waals surface area (Å²) in [6, 6.07) is 7.40. The zero-order valence-electron chi connectivity index (χ0n) is 11.0. The van der Waals surface area contributed by atoms with Crippen LogP contribution < -0.4 is 10.0 Å². The lowest BCUT2D eigenvalue weighted by Gasteiger charge is -2.13. The molecular formula is C13H20N2O2S. The predicted octanol–water partition coefficient (Wildman–Crippen LogP) is 2.20. The van der Waals surface area contributed by atoms with Gasteiger partial charge in [0.1, 0.15) is 4.90 Å². The van der Waals surface area contributed by atoms with E-state index in [1.807, 2.05) is 12.1 Å². The van der Waals surface area contributed by atoms with Gasteiger partial charge in [-0.25, -0.2) is 13.1 Å². The zero-order chi connectivity index (χ0) is 13.4. The minimum atomic E-state index is -3.41. The number of para-hydroxylation sites is 1. The van der Waals surface area contributed by atoms with E-state index in [4.69, 9.17) is 0 Å². The average molecular weight is 268 g/mol. The van der Waals surface area contributed by atoms with E-state index in [2.05, 4.69) is 23.9 Å². The Hall–Kier alpha value is -1.07. The molecule has 1 fully saturated rings. The van der Waals surface area contributed by atoms with Gasteiger partial charge in [-0.2, -0.15) is 0 Å². The Kier molecular flexibility index (Phi) is 3.38. The Balaban J connectivity index is 2.26. The second kappa shape index (κ2) is 4.55. The molecule has 0 saturated heterocycles. The van der Waals surface area contributed by atoms with Crippen molar-refractivity contribution in [3.05, 3.63) is 24.3 Å². The van der Waals surface area contributed by atoms with Crippen LogP contribution in [0.5, 0.6) is 0 Å². The molecule has 1 aromatic carbocycles. The van der Waals surface area contributed by atoms with Crippen LogP contribution in [-0.4, -0.2) is 21.0 Å². The van der Waals surface area contributed by atoms with Gasteiger partial charge in [-0.3, -0.25) is 0 Å². The van der Waals surface area contributed by atoms with E-state index < -0.39 is 10.0 Å². The van der Waals surface area contributed by atoms with Gasteiger partial charge < -0.3 is 5.32 Å². The van der Waals surface area contributed by atoms with Crippen LogP contribution in [0.25, 0.3) is 0 Å². The number of nitrogens with one attached hydrogen (secondary N) is 2. The molecule has 2 rings (SSSR count). The van der Waals surface area contributed by atoms with Crippen molar-refractivity contribution in [3.8, 4) is 0 Å². The van der Waals surface area contributed by atoms with Gasteiger partial charge in [0.2, 0.25) is 10.0 Å². The van der Waals surface area contributed by atoms with Crippen molar-refractivity contribution < 1.29 is 8.42 Å². The van der Waals surface area contributed by atoms with Gasteiger partial charge in [0.15, 0.2) is 0 Å². The molecule has 0 amide bonds. The highest BCUT2D eigenvalue weighted by atomic mass is 32.2. The van der Waals surface area contributed by atoms with Crippen LogP contribution in [0, 0.1) is 5.41 Å². The van der Waals surface area contributed by atoms with Crippen LogP contribution in [0.4, 0.5) is 5.69 Å². The SMILES string of the molecule is CCNS(=O)(=O)c1ccccc1NC1CC1(C)C. The number of rotatable bonds is 5. The fourth-order valence-electron chi connectivity index (χ4n) is 1.99. The molecule has 0 spiro atoms. The molecule has 0 aromatic heterocycles. The predicted molar refractivity (Wildman–Crippen MR) is 73.1 cm³/mol. The first kappa shape index (κ1) is 13.4. The highest BCUT2D eigenvalue weighted by Gasteiger charge is 2.46. The quantitative estimate of drug-likeness (QED) is 0.860. The molecule has 4 nitrogen and oxygen atoms in total. The van der Waals surface area contributed by atoms with Gasteiger partial charge in [0, 0.05) is 12.6 Å². The summed E-state index contributed by atoms with van der Waals surface area (Å²) in [5, 5.41) is 3.32. The van der Waals surface area contributed by atoms with E-state index in [1.54, 1.807) is 19.1 Å². The molecule has 5 heteroatoms. The van der Waals surface area contributed by atoms with Crippen molar-refractivity contribution in [2.45, 2.75) is 38.1 Å². The number of hydrogen-bond donors (Lipinski definition) is 2. The van der Waals surface area contributed by atoms with Crippen LogP contribution >= 0.6 is 0 Å². The minimum absolute atomic E-state index is 0.259. The largest absolute Gasteiger partial charge is 0.381 e. The molecule has 1 aliphatic rings. The molecule has 0 radical (unpaired) electrons. The molecule has 1 unspecified atom stereocenters. The van der Waals surface area contributed by atoms with E-state index in [1.165, 1.54) is 0 Å². The minimum Gasteiger partial charge on any atom is -0.381 e. The summed E-state index contributed by atoms with van der Waals surface area (Å²) >= 11 is 0. The molecule has 0 aliphatic heterocycles. The van der Waals surface area contributed by atoms with Gasteiger partial charge in [-0.15, -0.1) is 0 Å². The van der Waals surface area contributed by atoms with Crippen LogP contribution in [0.2, 0.25) is 0 Å². The first-order valence-electron chi connectivity index (χ1n) is 6.22. The van der Waals surface area contributed by atoms with Crippen molar-refractivity contribution in [2.24, 2.45) is 5.41 Å². The molecule has 2 N–H and O–H groups in total. The molecule has 0 heterocycles. The number of anilines is 1. The molecular weight excluding hydrogens is 248 g/mol. The van der Waals surface area contributed by atoms with Crippen LogP contribution in [0.3, 0.4) is 0 Å². The average Bonchev–Trinajstić information content (AvgIpc) is 2.86. The third-order valence-corrected chi connectivity index (χ3v) is 4.96. The number of benzene rings is 1. The van der Waals surface area contributed by atoms with E-state index >= 15 is 0 Å². The molecule has 1 atom stereocenters. The second-order valence-corrected chi connectivity index (χ2v) is 7.12. The van der Waals surface area contributed by atoms with Gasteiger partial charge in [-0.05, 0) is 24.0 Å². The summed E-state index contributed by atoms with van der Waals surface area (Å²) in [4.78, 5) is 0.328. The third-order valence-electron chi connectivity index (χ3n) is 3.35. The standard InChI is InChI=1S/C13H20N2O2S/c1-4-14-18(16,17)11-8-6-5-7-10(11)15-12-9-13(12,2)3/h5-8,12,14-15H,4,9H2,1-3H3. The first-order chi connectivity index (χ1) is 8.37. The summed E-state index contributed by atoms with van der Waals surface area (Å²) < 4.78 is 26.7. The lowest BCUT2D eigenvalue weighted by molar-refractivity contribution is 0.583. The maximum atomic E-state index is 12.1. The Morgan fingerprint density at radius 1 is 1.33 bits per heavy atom. The van der Waals surface area contributed by atoms with Gasteiger partial charge >= 0.3 is 0 Å². The molecule has 1 saturated carbocycles. The maximum Gasteiger partial charge on any atom is 0.242 e. The number of hydrogen-bond acceptors (Lipinski definition) is 3. The summed E-state index contributed by atoms with van der Waals surface area (Å²) in [6.07, 6.45) is 1.07. The molecule has 100 valence electrons. The van der Waals surface area contributed by atoms with E-state index in [0.717, 1.165) is 6.42 Å². The fraction of sp³-hybridized carbons (Fsp3) is 0.538. The van der Waals surface area contributed by atoms with E-state index in [-0.39, 0.29) is 5.41 Å². The van der Waals surface area contributed by atoms with Gasteiger partial charge in [-0.1, -0.05) is 32.9 Å². The summed E-state index contributed by atoms with van der Waals surface area (Å²) in [7, 11) is -3.41. The third kappa shape index (κ3) is 2.67. The Labute approximate surface area is 109 Å². The van der Waals surface area contributed by atoms with Crippen LogP contribution in [0.1, 0.15) is 27.2 Å². The summed E-state index contributed by atoms with van der Waals surface area (Å²) in [6.45, 7) is 6.52. The van der Waals surface area contributed by atoms with Crippen molar-refractivity contribution in [2.75, 3.05) is 11.9 Å². The van der Waals surface area contributed by atoms with Crippen LogP contribution in [-0.2, 0) is 10.0 Å². The van der Waals surface area contributed by atoms with Gasteiger partial charge in [0.25, 0.3) is 0 Å². The Bertz CT molecular complexity index is 538. The van der Waals surface area contributed by atoms with Gasteiger partial charge in [0.05, 0.1) is 5.69 Å². The molecule has 0 bridgehead atoms. The highest BCUT2D eigenvalue weighted by molar-refractivity contribution is 7.89. The Morgan fingerprint density at radius 2 is 1.94 bits per heavy atom. The molecule has 1 aliphatic carbocycles. The van der Waals surface area contributed by atoms with Crippen molar-refractivity contribution in [3.63, 3.8) is 0 Å². The summed E-state index contributed by atoms with van der Waals surface area (Å²) in [5.74, 6) is 0. The highest BCUT2D eigenvalue weighted by Crippen LogP contribution is 2.47. The smallest absolute Gasteiger partial charge is 0.242 e. The number of sulfonamides is 1. The molecule has 1 aromatic rings. The Morgan fingerprint density at radius 3 is 2.50 bits per heavy atom. The lowest BCUT2D eigenvalue weighted by atomic mass is 10.2. The van der Waals surface area contributed by atoms with Crippen molar-refractivity contribution in [1.29, 1.82) is 0 Å². The normalized spacial score (nSPS) is 21.6. The van der Waals surface area contributed by atoms with Crippen molar-refractivity contribution in [1.82, 2.24) is 4.72 Å². The van der Waals surface area contributed by atoms with Crippen LogP contribution in [0.15, 0.2) is 29.2 Å². The maximum absolute atomic E-state index is 12.1. The topological polar surface area (TPSA) is 58.2 Å². The zero-order valence-corrected chi connectivity index (χ0v) is 11.8. The summed E-state index contributed by atoms with van der Waals surface area (Å²) in [5.41, 5.74) is 0.948. The lowest BCUT2D eigenvalue weighted by Crippen LogP contribution is -2.24. The second-order valence-electron chi connectivity index (χ2n) is 5.39. The van der Waals surface area contributed by atoms with E-state index in [9.17, 15) is 8.42 Å². The fourth-order valence-corrected chi connectivity index (χ4v) is 3.20. The van der Waals surface area contributed by atoms with Crippen molar-refractivity contribution >= 4 is 15.7 Å². The molecule has 18 heavy (non-hydrogen) atoms.